The molecule has 356 valence electrons. The lowest BCUT2D eigenvalue weighted by Gasteiger charge is -2.48. The van der Waals surface area contributed by atoms with Crippen molar-refractivity contribution in [1.82, 2.24) is 40.0 Å². The van der Waals surface area contributed by atoms with Crippen LogP contribution in [0.2, 0.25) is 0 Å². The first-order valence-corrected chi connectivity index (χ1v) is 23.2. The number of aromatic nitrogens is 2. The molecule has 2 aromatic heterocycles. The van der Waals surface area contributed by atoms with Crippen LogP contribution in [0.1, 0.15) is 77.3 Å². The van der Waals surface area contributed by atoms with Crippen molar-refractivity contribution in [3.63, 3.8) is 0 Å². The average molecular weight is 917 g/mol. The highest BCUT2D eigenvalue weighted by atomic mass is 16.5. The second-order valence-electron chi connectivity index (χ2n) is 19.1. The molecule has 2 aromatic carbocycles. The van der Waals surface area contributed by atoms with E-state index in [1.165, 1.54) is 16.8 Å². The molecule has 3 aliphatic rings. The summed E-state index contributed by atoms with van der Waals surface area (Å²) in [7, 11) is 3.18. The van der Waals surface area contributed by atoms with Crippen LogP contribution in [0.15, 0.2) is 73.4 Å². The number of nitrogens with one attached hydrogen (secondary N) is 2. The van der Waals surface area contributed by atoms with Gasteiger partial charge in [-0.15, -0.1) is 0 Å². The maximum atomic E-state index is 14.5. The van der Waals surface area contributed by atoms with Gasteiger partial charge >= 0.3 is 6.03 Å². The predicted octanol–water partition coefficient (Wildman–Crippen LogP) is 5.68. The van der Waals surface area contributed by atoms with E-state index in [0.29, 0.717) is 32.5 Å². The van der Waals surface area contributed by atoms with Gasteiger partial charge in [0, 0.05) is 68.3 Å². The van der Waals surface area contributed by atoms with Crippen LogP contribution in [0.25, 0.3) is 33.3 Å². The molecule has 0 radical (unpaired) electrons. The predicted molar refractivity (Wildman–Crippen MR) is 254 cm³/mol. The van der Waals surface area contributed by atoms with Crippen LogP contribution in [-0.2, 0) is 52.8 Å². The van der Waals surface area contributed by atoms with Crippen molar-refractivity contribution < 1.29 is 38.2 Å². The van der Waals surface area contributed by atoms with Gasteiger partial charge < -0.3 is 29.2 Å². The molecule has 5 heterocycles. The number of carbonyl (C=O) groups is 6. The van der Waals surface area contributed by atoms with E-state index in [9.17, 15) is 28.8 Å². The van der Waals surface area contributed by atoms with Crippen LogP contribution < -0.4 is 10.7 Å². The number of hydrogen-bond donors (Lipinski definition) is 2. The van der Waals surface area contributed by atoms with Crippen molar-refractivity contribution >= 4 is 47.0 Å². The highest BCUT2D eigenvalue weighted by Crippen LogP contribution is 2.42. The number of pyridine rings is 1. The molecule has 3 unspecified atom stereocenters. The number of methoxy groups -OCH3 is 1. The number of rotatable bonds is 18. The minimum absolute atomic E-state index is 0.00671. The fourth-order valence-electron chi connectivity index (χ4n) is 9.88. The molecule has 0 aliphatic carbocycles. The maximum Gasteiger partial charge on any atom is 0.328 e. The van der Waals surface area contributed by atoms with Crippen LogP contribution in [-0.4, -0.2) is 130 Å². The molecule has 3 saturated heterocycles. The Kier molecular flexibility index (Phi) is 14.4. The lowest BCUT2D eigenvalue weighted by Crippen LogP contribution is -2.72. The van der Waals surface area contributed by atoms with Gasteiger partial charge in [0.2, 0.25) is 11.8 Å². The molecule has 67 heavy (non-hydrogen) atoms. The van der Waals surface area contributed by atoms with Crippen molar-refractivity contribution in [2.45, 2.75) is 97.5 Å². The van der Waals surface area contributed by atoms with E-state index in [0.717, 1.165) is 73.9 Å². The summed E-state index contributed by atoms with van der Waals surface area (Å²) in [6.07, 6.45) is 5.07. The Morgan fingerprint density at radius 3 is 2.43 bits per heavy atom. The standard InChI is InChI=1S/C51H64N8O8/c1-10-42(61)56-28-51(29-56)48(64)59(49(65)55(51)8)44(32(3)4)46(62)54-40(47(63)58-23-13-12-22-53-58)25-34-16-14-17-35(24-34)36-19-20-41-38(26-36)39(27-50(6,7)30-67-31-60)45(57(41)11-2)37-18-15-21-52-43(37)33(5)66-9/h10,14-21,24,26,31-33,40,44,53H,1,11-13,22-23,25,27-30H2,2-9H3,(H,54,62). The van der Waals surface area contributed by atoms with E-state index in [-0.39, 0.29) is 44.0 Å². The smallest absolute Gasteiger partial charge is 0.328 e. The minimum Gasteiger partial charge on any atom is -0.467 e. The normalized spacial score (nSPS) is 17.4. The molecule has 3 aliphatic heterocycles. The SMILES string of the molecule is C=CC(=O)N1CC2(C1)C(=O)N(C(C(=O)NC(Cc1cccc(-c3ccc4c(c3)c(CC(C)(C)COC=O)c(-c3cccnc3C(C)OC)n4CC)c1)C(=O)N1CCCCN1)C(C)C)C(=O)N2C. The number of urea groups is 1. The Labute approximate surface area is 392 Å². The summed E-state index contributed by atoms with van der Waals surface area (Å²) in [6.45, 7) is 17.7. The number of ether oxygens (including phenoxy) is 2. The summed E-state index contributed by atoms with van der Waals surface area (Å²) in [5, 5.41) is 5.57. The van der Waals surface area contributed by atoms with E-state index < -0.39 is 46.8 Å². The zero-order valence-electron chi connectivity index (χ0n) is 40.0. The monoisotopic (exact) mass is 916 g/mol. The summed E-state index contributed by atoms with van der Waals surface area (Å²) in [4.78, 5) is 89.2. The number of hydrazine groups is 1. The number of carbonyl (C=O) groups excluding carboxylic acids is 6. The van der Waals surface area contributed by atoms with E-state index in [1.807, 2.05) is 37.3 Å². The van der Waals surface area contributed by atoms with Crippen molar-refractivity contribution in [2.24, 2.45) is 11.3 Å². The Morgan fingerprint density at radius 2 is 1.78 bits per heavy atom. The molecule has 7 rings (SSSR count). The largest absolute Gasteiger partial charge is 0.467 e. The molecule has 16 heteroatoms. The van der Waals surface area contributed by atoms with Crippen LogP contribution in [0.3, 0.4) is 0 Å². The van der Waals surface area contributed by atoms with Crippen molar-refractivity contribution in [3.05, 3.63) is 90.3 Å². The summed E-state index contributed by atoms with van der Waals surface area (Å²) < 4.78 is 13.4. The highest BCUT2D eigenvalue weighted by Gasteiger charge is 2.65. The van der Waals surface area contributed by atoms with Crippen LogP contribution in [0, 0.1) is 11.3 Å². The third-order valence-electron chi connectivity index (χ3n) is 13.5. The summed E-state index contributed by atoms with van der Waals surface area (Å²) in [5.41, 5.74) is 9.01. The van der Waals surface area contributed by atoms with Gasteiger partial charge in [0.15, 0.2) is 5.54 Å². The van der Waals surface area contributed by atoms with Crippen molar-refractivity contribution in [3.8, 4) is 22.4 Å². The summed E-state index contributed by atoms with van der Waals surface area (Å²) in [6, 6.07) is 15.4. The molecule has 0 bridgehead atoms. The molecule has 1 spiro atoms. The number of hydrogen-bond acceptors (Lipinski definition) is 10. The van der Waals surface area contributed by atoms with Gasteiger partial charge in [-0.05, 0) is 91.6 Å². The number of amides is 6. The second kappa shape index (κ2) is 19.8. The molecule has 6 amide bonds. The van der Waals surface area contributed by atoms with E-state index in [1.54, 1.807) is 32.2 Å². The Morgan fingerprint density at radius 1 is 1.03 bits per heavy atom. The van der Waals surface area contributed by atoms with Gasteiger partial charge in [-0.1, -0.05) is 64.6 Å². The Balaban J connectivity index is 1.24. The van der Waals surface area contributed by atoms with Gasteiger partial charge in [-0.25, -0.2) is 15.1 Å². The van der Waals surface area contributed by atoms with E-state index in [4.69, 9.17) is 14.5 Å². The van der Waals surface area contributed by atoms with E-state index in [2.05, 4.69) is 66.9 Å². The lowest BCUT2D eigenvalue weighted by molar-refractivity contribution is -0.152. The highest BCUT2D eigenvalue weighted by molar-refractivity contribution is 6.12. The third kappa shape index (κ3) is 9.33. The molecule has 4 aromatic rings. The lowest BCUT2D eigenvalue weighted by atomic mass is 9.84. The third-order valence-corrected chi connectivity index (χ3v) is 13.5. The summed E-state index contributed by atoms with van der Waals surface area (Å²) >= 11 is 0. The molecular formula is C51H64N8O8. The molecule has 3 fully saturated rings. The van der Waals surface area contributed by atoms with Gasteiger partial charge in [-0.2, -0.15) is 0 Å². The number of likely N-dealkylation sites (tertiary alicyclic amines) is 1. The summed E-state index contributed by atoms with van der Waals surface area (Å²) in [5.74, 6) is -2.37. The minimum atomic E-state index is -1.29. The zero-order chi connectivity index (χ0) is 48.4. The number of imide groups is 1. The maximum absolute atomic E-state index is 14.5. The van der Waals surface area contributed by atoms with Crippen LogP contribution in [0.5, 0.6) is 0 Å². The van der Waals surface area contributed by atoms with Crippen LogP contribution >= 0.6 is 0 Å². The van der Waals surface area contributed by atoms with Gasteiger partial charge in [-0.3, -0.25) is 34.0 Å². The number of nitrogens with zero attached hydrogens (tertiary/aromatic N) is 6. The van der Waals surface area contributed by atoms with Crippen molar-refractivity contribution in [2.75, 3.05) is 46.9 Å². The molecule has 0 saturated carbocycles. The van der Waals surface area contributed by atoms with Crippen LogP contribution in [0.4, 0.5) is 4.79 Å². The van der Waals surface area contributed by atoms with Crippen molar-refractivity contribution in [1.29, 1.82) is 0 Å². The number of aryl methyl sites for hydroxylation is 1. The molecule has 2 N–H and O–H groups in total. The fourth-order valence-corrected chi connectivity index (χ4v) is 9.88. The first-order valence-electron chi connectivity index (χ1n) is 23.2. The quantitative estimate of drug-likeness (QED) is 0.0718. The number of likely N-dealkylation sites (N-methyl/N-ethyl adjacent to an activating group) is 1. The average Bonchev–Trinajstić information content (AvgIpc) is 3.71. The molecule has 3 atom stereocenters. The van der Waals surface area contributed by atoms with Gasteiger partial charge in [0.05, 0.1) is 37.2 Å². The first-order chi connectivity index (χ1) is 32.0. The second-order valence-corrected chi connectivity index (χ2v) is 19.1. The number of benzene rings is 2. The number of fused-ring (bicyclic) bond motifs is 1. The first kappa shape index (κ1) is 48.5. The fraction of sp³-hybridized carbons (Fsp3) is 0.471. The molecular weight excluding hydrogens is 853 g/mol. The van der Waals surface area contributed by atoms with E-state index >= 15 is 0 Å². The Bertz CT molecular complexity index is 2560. The molecule has 16 nitrogen and oxygen atoms in total. The zero-order valence-corrected chi connectivity index (χ0v) is 40.0. The Hall–Kier alpha value is -6.39. The van der Waals surface area contributed by atoms with Gasteiger partial charge in [0.25, 0.3) is 18.3 Å². The topological polar surface area (TPSA) is 176 Å². The van der Waals surface area contributed by atoms with Gasteiger partial charge in [0.1, 0.15) is 12.1 Å².